The lowest BCUT2D eigenvalue weighted by atomic mass is 10.0. The van der Waals surface area contributed by atoms with Gasteiger partial charge in [-0.2, -0.15) is 15.4 Å². The number of carbonyl (C=O) groups excluding carboxylic acids is 1. The zero-order valence-corrected chi connectivity index (χ0v) is 21.0. The van der Waals surface area contributed by atoms with Crippen LogP contribution in [0.3, 0.4) is 0 Å². The quantitative estimate of drug-likeness (QED) is 0.181. The van der Waals surface area contributed by atoms with Crippen LogP contribution in [-0.2, 0) is 9.71 Å². The van der Waals surface area contributed by atoms with Crippen molar-refractivity contribution < 1.29 is 18.4 Å². The molecule has 0 aliphatic carbocycles. The van der Waals surface area contributed by atoms with Crippen LogP contribution in [0.2, 0.25) is 0 Å². The van der Waals surface area contributed by atoms with Crippen molar-refractivity contribution in [3.05, 3.63) is 71.3 Å². The predicted molar refractivity (Wildman–Crippen MR) is 135 cm³/mol. The number of amides is 2. The maximum Gasteiger partial charge on any atom is 0.365 e. The highest BCUT2D eigenvalue weighted by atomic mass is 32.2. The van der Waals surface area contributed by atoms with Crippen molar-refractivity contribution in [1.29, 1.82) is 5.26 Å². The molecule has 2 aromatic rings. The van der Waals surface area contributed by atoms with Gasteiger partial charge in [0.25, 0.3) is 0 Å². The summed E-state index contributed by atoms with van der Waals surface area (Å²) in [6.07, 6.45) is 2.62. The van der Waals surface area contributed by atoms with Crippen LogP contribution in [0.25, 0.3) is 0 Å². The minimum atomic E-state index is -1.08. The van der Waals surface area contributed by atoms with Crippen LogP contribution in [0.4, 0.5) is 13.6 Å². The number of benzene rings is 2. The van der Waals surface area contributed by atoms with Gasteiger partial charge in [0.15, 0.2) is 0 Å². The number of hydroxylamine groups is 2. The van der Waals surface area contributed by atoms with Gasteiger partial charge in [-0.3, -0.25) is 4.84 Å². The molecule has 1 aliphatic rings. The van der Waals surface area contributed by atoms with Gasteiger partial charge in [0, 0.05) is 26.2 Å². The van der Waals surface area contributed by atoms with Crippen molar-refractivity contribution in [3.63, 3.8) is 0 Å². The van der Waals surface area contributed by atoms with Crippen molar-refractivity contribution in [3.8, 4) is 6.19 Å². The third kappa shape index (κ3) is 5.92. The van der Waals surface area contributed by atoms with Gasteiger partial charge in [-0.05, 0) is 43.5 Å². The maximum atomic E-state index is 14.7. The highest BCUT2D eigenvalue weighted by Gasteiger charge is 2.49. The first-order chi connectivity index (χ1) is 17.4. The highest BCUT2D eigenvalue weighted by Crippen LogP contribution is 2.50. The summed E-state index contributed by atoms with van der Waals surface area (Å²) in [6.45, 7) is 2.42. The normalized spacial score (nSPS) is 17.4. The summed E-state index contributed by atoms with van der Waals surface area (Å²) in [5, 5.41) is 21.6. The lowest BCUT2D eigenvalue weighted by Gasteiger charge is -2.37. The third-order valence-electron chi connectivity index (χ3n) is 5.34. The number of nitrogens with one attached hydrogen (secondary N) is 2. The van der Waals surface area contributed by atoms with E-state index < -0.39 is 22.5 Å². The molecule has 36 heavy (non-hydrogen) atoms. The number of guanidine groups is 1. The van der Waals surface area contributed by atoms with E-state index >= 15 is 0 Å². The summed E-state index contributed by atoms with van der Waals surface area (Å²) in [6, 6.07) is 11.8. The zero-order valence-electron chi connectivity index (χ0n) is 20.2. The molecule has 0 aromatic heterocycles. The highest BCUT2D eigenvalue weighted by molar-refractivity contribution is 8.15. The van der Waals surface area contributed by atoms with Crippen LogP contribution in [0.5, 0.6) is 0 Å². The standard InChI is InChI=1S/C24H27F2N7O2S/c1-4-35-32(3)23(34)33-24(17-9-6-5-7-10-17,13-8-14-29-22(28-2)30-16-27)36-21(31-33)19-15-18(25)11-12-20(19)26/h5-7,9-12,15H,4,8,13-14H2,1-3H3,(H2,28,29,30). The van der Waals surface area contributed by atoms with Gasteiger partial charge in [0.2, 0.25) is 12.2 Å². The number of urea groups is 1. The molecule has 1 heterocycles. The zero-order chi connectivity index (χ0) is 26.1. The number of rotatable bonds is 8. The van der Waals surface area contributed by atoms with Gasteiger partial charge in [0.1, 0.15) is 21.5 Å². The number of nitriles is 1. The van der Waals surface area contributed by atoms with E-state index in [2.05, 4.69) is 20.7 Å². The number of thioether (sulfide) groups is 1. The number of carbonyl (C=O) groups is 1. The van der Waals surface area contributed by atoms with Crippen molar-refractivity contribution in [2.24, 2.45) is 10.1 Å². The second kappa shape index (κ2) is 12.3. The lowest BCUT2D eigenvalue weighted by Crippen LogP contribution is -2.47. The molecule has 1 unspecified atom stereocenters. The molecule has 0 spiro atoms. The number of hydrogen-bond donors (Lipinski definition) is 2. The molecule has 0 saturated carbocycles. The predicted octanol–water partition coefficient (Wildman–Crippen LogP) is 3.96. The first-order valence-electron chi connectivity index (χ1n) is 11.2. The van der Waals surface area contributed by atoms with Crippen LogP contribution in [-0.4, -0.2) is 54.4 Å². The molecule has 2 aromatic carbocycles. The topological polar surface area (TPSA) is 105 Å². The average molecular weight is 516 g/mol. The molecular formula is C24H27F2N7O2S. The molecule has 1 atom stereocenters. The summed E-state index contributed by atoms with van der Waals surface area (Å²) in [7, 11) is 3.11. The molecule has 1 aliphatic heterocycles. The van der Waals surface area contributed by atoms with Gasteiger partial charge in [0.05, 0.1) is 6.61 Å². The van der Waals surface area contributed by atoms with Gasteiger partial charge in [-0.25, -0.2) is 18.6 Å². The van der Waals surface area contributed by atoms with Gasteiger partial charge < -0.3 is 10.6 Å². The van der Waals surface area contributed by atoms with Crippen LogP contribution < -0.4 is 10.6 Å². The van der Waals surface area contributed by atoms with E-state index in [0.717, 1.165) is 28.8 Å². The molecule has 190 valence electrons. The van der Waals surface area contributed by atoms with E-state index in [4.69, 9.17) is 10.1 Å². The smallest absolute Gasteiger partial charge is 0.359 e. The van der Waals surface area contributed by atoms with E-state index in [9.17, 15) is 13.6 Å². The van der Waals surface area contributed by atoms with Gasteiger partial charge in [-0.1, -0.05) is 42.1 Å². The van der Waals surface area contributed by atoms with E-state index in [1.54, 1.807) is 20.2 Å². The summed E-state index contributed by atoms with van der Waals surface area (Å²) in [5.74, 6) is -0.949. The van der Waals surface area contributed by atoms with E-state index in [0.29, 0.717) is 25.3 Å². The van der Waals surface area contributed by atoms with Crippen LogP contribution >= 0.6 is 11.8 Å². The molecule has 0 fully saturated rings. The number of hydrogen-bond acceptors (Lipinski definition) is 6. The Kier molecular flexibility index (Phi) is 9.21. The molecule has 0 saturated heterocycles. The molecule has 9 nitrogen and oxygen atoms in total. The Bertz CT molecular complexity index is 1170. The molecule has 2 N–H and O–H groups in total. The van der Waals surface area contributed by atoms with E-state index in [-0.39, 0.29) is 17.2 Å². The molecule has 2 amide bonds. The SMILES string of the molecule is CCON(C)C(=O)N1N=C(c2cc(F)ccc2F)SC1(CCCN/C(=N\C#N)NC)c1ccccc1. The first-order valence-corrected chi connectivity index (χ1v) is 12.1. The number of halogens is 2. The summed E-state index contributed by atoms with van der Waals surface area (Å²) >= 11 is 1.17. The largest absolute Gasteiger partial charge is 0.365 e. The molecular weight excluding hydrogens is 488 g/mol. The fourth-order valence-corrected chi connectivity index (χ4v) is 5.11. The Balaban J connectivity index is 2.03. The Morgan fingerprint density at radius 2 is 2.06 bits per heavy atom. The molecule has 0 bridgehead atoms. The molecule has 0 radical (unpaired) electrons. The van der Waals surface area contributed by atoms with Crippen LogP contribution in [0.1, 0.15) is 30.9 Å². The monoisotopic (exact) mass is 515 g/mol. The van der Waals surface area contributed by atoms with Crippen LogP contribution in [0, 0.1) is 23.1 Å². The lowest BCUT2D eigenvalue weighted by molar-refractivity contribution is -0.105. The average Bonchev–Trinajstić information content (AvgIpc) is 3.28. The summed E-state index contributed by atoms with van der Waals surface area (Å²) in [4.78, 5) is 21.4. The van der Waals surface area contributed by atoms with Crippen molar-refractivity contribution in [2.75, 3.05) is 27.2 Å². The second-order valence-corrected chi connectivity index (χ2v) is 8.90. The van der Waals surface area contributed by atoms with Gasteiger partial charge in [-0.15, -0.1) is 4.99 Å². The Morgan fingerprint density at radius 1 is 1.31 bits per heavy atom. The Labute approximate surface area is 212 Å². The Hall–Kier alpha value is -3.69. The second-order valence-electron chi connectivity index (χ2n) is 7.63. The number of hydrazone groups is 1. The van der Waals surface area contributed by atoms with Crippen molar-refractivity contribution in [1.82, 2.24) is 20.7 Å². The molecule has 3 rings (SSSR count). The number of aliphatic imine (C=N–C) groups is 1. The van der Waals surface area contributed by atoms with Crippen molar-refractivity contribution in [2.45, 2.75) is 24.6 Å². The Morgan fingerprint density at radius 3 is 2.72 bits per heavy atom. The summed E-state index contributed by atoms with van der Waals surface area (Å²) < 4.78 is 28.8. The van der Waals surface area contributed by atoms with Gasteiger partial charge >= 0.3 is 6.03 Å². The van der Waals surface area contributed by atoms with Crippen LogP contribution in [0.15, 0.2) is 58.6 Å². The van der Waals surface area contributed by atoms with E-state index in [1.165, 1.54) is 23.8 Å². The molecule has 12 heteroatoms. The third-order valence-corrected chi connectivity index (χ3v) is 6.78. The first kappa shape index (κ1) is 26.9. The summed E-state index contributed by atoms with van der Waals surface area (Å²) in [5.41, 5.74) is 0.717. The minimum absolute atomic E-state index is 0.0357. The fraction of sp³-hybridized carbons (Fsp3) is 0.333. The van der Waals surface area contributed by atoms with E-state index in [1.807, 2.05) is 30.3 Å². The van der Waals surface area contributed by atoms with Crippen molar-refractivity contribution >= 4 is 28.8 Å². The number of nitrogens with zero attached hydrogens (tertiary/aromatic N) is 5. The fourth-order valence-electron chi connectivity index (χ4n) is 3.69. The minimum Gasteiger partial charge on any atom is -0.359 e. The maximum absolute atomic E-state index is 14.7.